The predicted molar refractivity (Wildman–Crippen MR) is 79.6 cm³/mol. The van der Waals surface area contributed by atoms with Crippen molar-refractivity contribution < 1.29 is 18.4 Å². The standard InChI is InChI=1S/C15H12BrF2NO2/c16-13-7-5-11(6-8-13)10-20-19-9-12-3-1-2-4-14(12)21-15(17)18/h1-9,15H,10H2. The fraction of sp³-hybridized carbons (Fsp3) is 0.133. The Balaban J connectivity index is 1.93. The fourth-order valence-electron chi connectivity index (χ4n) is 1.58. The molecule has 6 heteroatoms. The van der Waals surface area contributed by atoms with Crippen molar-refractivity contribution in [3.63, 3.8) is 0 Å². The molecule has 0 spiro atoms. The molecule has 21 heavy (non-hydrogen) atoms. The minimum absolute atomic E-state index is 0.0588. The number of ether oxygens (including phenoxy) is 1. The molecule has 0 N–H and O–H groups in total. The Kier molecular flexibility index (Phi) is 5.68. The lowest BCUT2D eigenvalue weighted by atomic mass is 10.2. The van der Waals surface area contributed by atoms with Crippen molar-refractivity contribution in [3.8, 4) is 5.75 Å². The van der Waals surface area contributed by atoms with Crippen molar-refractivity contribution in [1.29, 1.82) is 0 Å². The molecule has 0 aliphatic carbocycles. The Labute approximate surface area is 129 Å². The number of hydrogen-bond acceptors (Lipinski definition) is 3. The Morgan fingerprint density at radius 3 is 2.52 bits per heavy atom. The van der Waals surface area contributed by atoms with E-state index in [1.54, 1.807) is 18.2 Å². The molecule has 0 aliphatic heterocycles. The van der Waals surface area contributed by atoms with Gasteiger partial charge in [0.05, 0.1) is 6.21 Å². The van der Waals surface area contributed by atoms with Crippen LogP contribution < -0.4 is 4.74 Å². The molecule has 0 unspecified atom stereocenters. The van der Waals surface area contributed by atoms with Gasteiger partial charge in [-0.2, -0.15) is 8.78 Å². The van der Waals surface area contributed by atoms with E-state index in [2.05, 4.69) is 25.8 Å². The van der Waals surface area contributed by atoms with Crippen molar-refractivity contribution in [2.75, 3.05) is 0 Å². The molecule has 0 fully saturated rings. The molecule has 0 amide bonds. The van der Waals surface area contributed by atoms with E-state index in [-0.39, 0.29) is 5.75 Å². The van der Waals surface area contributed by atoms with Crippen LogP contribution in [-0.2, 0) is 11.4 Å². The molecule has 0 radical (unpaired) electrons. The van der Waals surface area contributed by atoms with Gasteiger partial charge >= 0.3 is 6.61 Å². The average Bonchev–Trinajstić information content (AvgIpc) is 2.46. The predicted octanol–water partition coefficient (Wildman–Crippen LogP) is 4.60. The zero-order valence-corrected chi connectivity index (χ0v) is 12.5. The number of para-hydroxylation sites is 1. The van der Waals surface area contributed by atoms with Crippen molar-refractivity contribution in [2.24, 2.45) is 5.16 Å². The van der Waals surface area contributed by atoms with Crippen molar-refractivity contribution in [2.45, 2.75) is 13.2 Å². The molecule has 2 rings (SSSR count). The molecule has 2 aromatic rings. The summed E-state index contributed by atoms with van der Waals surface area (Å²) in [5.74, 6) is 0.0588. The van der Waals surface area contributed by atoms with E-state index in [1.807, 2.05) is 24.3 Å². The molecule has 3 nitrogen and oxygen atoms in total. The summed E-state index contributed by atoms with van der Waals surface area (Å²) < 4.78 is 29.8. The maximum absolute atomic E-state index is 12.2. The zero-order chi connectivity index (χ0) is 15.1. The summed E-state index contributed by atoms with van der Waals surface area (Å²) in [6.07, 6.45) is 1.34. The fourth-order valence-corrected chi connectivity index (χ4v) is 1.84. The Bertz CT molecular complexity index is 603. The van der Waals surface area contributed by atoms with Gasteiger partial charge in [0, 0.05) is 10.0 Å². The SMILES string of the molecule is FC(F)Oc1ccccc1C=NOCc1ccc(Br)cc1. The minimum atomic E-state index is -2.87. The van der Waals surface area contributed by atoms with E-state index in [9.17, 15) is 8.78 Å². The second kappa shape index (κ2) is 7.73. The number of alkyl halides is 2. The number of nitrogens with zero attached hydrogens (tertiary/aromatic N) is 1. The molecule has 0 saturated carbocycles. The summed E-state index contributed by atoms with van der Waals surface area (Å²) in [7, 11) is 0. The summed E-state index contributed by atoms with van der Waals surface area (Å²) in [5, 5.41) is 3.77. The molecule has 0 atom stereocenters. The van der Waals surface area contributed by atoms with Gasteiger partial charge in [0.25, 0.3) is 0 Å². The highest BCUT2D eigenvalue weighted by Crippen LogP contribution is 2.18. The van der Waals surface area contributed by atoms with Crippen LogP contribution >= 0.6 is 15.9 Å². The molecule has 0 heterocycles. The first-order valence-electron chi connectivity index (χ1n) is 6.09. The Morgan fingerprint density at radius 2 is 1.81 bits per heavy atom. The largest absolute Gasteiger partial charge is 0.434 e. The van der Waals surface area contributed by atoms with Crippen molar-refractivity contribution in [3.05, 3.63) is 64.1 Å². The first-order chi connectivity index (χ1) is 10.1. The lowest BCUT2D eigenvalue weighted by Gasteiger charge is -2.06. The van der Waals surface area contributed by atoms with Gasteiger partial charge in [-0.15, -0.1) is 0 Å². The van der Waals surface area contributed by atoms with E-state index in [1.165, 1.54) is 12.3 Å². The highest BCUT2D eigenvalue weighted by atomic mass is 79.9. The molecular formula is C15H12BrF2NO2. The maximum Gasteiger partial charge on any atom is 0.387 e. The maximum atomic E-state index is 12.2. The monoisotopic (exact) mass is 355 g/mol. The van der Waals surface area contributed by atoms with Gasteiger partial charge in [0.15, 0.2) is 0 Å². The Morgan fingerprint density at radius 1 is 1.10 bits per heavy atom. The molecule has 0 saturated heterocycles. The summed E-state index contributed by atoms with van der Waals surface area (Å²) in [6.45, 7) is -2.58. The van der Waals surface area contributed by atoms with Crippen LogP contribution in [-0.4, -0.2) is 12.8 Å². The third kappa shape index (κ3) is 5.15. The van der Waals surface area contributed by atoms with Crippen LogP contribution in [0.3, 0.4) is 0 Å². The number of halogens is 3. The molecule has 2 aromatic carbocycles. The van der Waals surface area contributed by atoms with Crippen LogP contribution in [0.15, 0.2) is 58.2 Å². The first kappa shape index (κ1) is 15.4. The van der Waals surface area contributed by atoms with E-state index in [0.29, 0.717) is 12.2 Å². The highest BCUT2D eigenvalue weighted by molar-refractivity contribution is 9.10. The van der Waals surface area contributed by atoms with Crippen LogP contribution in [0.2, 0.25) is 0 Å². The highest BCUT2D eigenvalue weighted by Gasteiger charge is 2.07. The van der Waals surface area contributed by atoms with Crippen LogP contribution in [0.5, 0.6) is 5.75 Å². The second-order valence-electron chi connectivity index (χ2n) is 4.05. The topological polar surface area (TPSA) is 30.8 Å². The van der Waals surface area contributed by atoms with E-state index >= 15 is 0 Å². The number of benzene rings is 2. The van der Waals surface area contributed by atoms with Gasteiger partial charge in [0.1, 0.15) is 12.4 Å². The second-order valence-corrected chi connectivity index (χ2v) is 4.97. The van der Waals surface area contributed by atoms with Gasteiger partial charge in [-0.1, -0.05) is 45.4 Å². The zero-order valence-electron chi connectivity index (χ0n) is 10.9. The third-order valence-electron chi connectivity index (χ3n) is 2.55. The molecule has 0 aliphatic rings. The van der Waals surface area contributed by atoms with Crippen LogP contribution in [0.1, 0.15) is 11.1 Å². The normalized spacial score (nSPS) is 11.0. The number of hydrogen-bond donors (Lipinski definition) is 0. The summed E-state index contributed by atoms with van der Waals surface area (Å²) in [5.41, 5.74) is 1.38. The summed E-state index contributed by atoms with van der Waals surface area (Å²) in [4.78, 5) is 5.13. The van der Waals surface area contributed by atoms with Gasteiger partial charge in [-0.05, 0) is 29.8 Å². The van der Waals surface area contributed by atoms with Crippen molar-refractivity contribution >= 4 is 22.1 Å². The van der Waals surface area contributed by atoms with Crippen LogP contribution in [0, 0.1) is 0 Å². The van der Waals surface area contributed by atoms with Gasteiger partial charge in [0.2, 0.25) is 0 Å². The lowest BCUT2D eigenvalue weighted by molar-refractivity contribution is -0.0499. The Hall–Kier alpha value is -1.95. The molecule has 0 bridgehead atoms. The molecular weight excluding hydrogens is 344 g/mol. The quantitative estimate of drug-likeness (QED) is 0.559. The third-order valence-corrected chi connectivity index (χ3v) is 3.07. The van der Waals surface area contributed by atoms with Gasteiger partial charge in [-0.25, -0.2) is 0 Å². The van der Waals surface area contributed by atoms with Crippen molar-refractivity contribution in [1.82, 2.24) is 0 Å². The molecule has 0 aromatic heterocycles. The number of oxime groups is 1. The lowest BCUT2D eigenvalue weighted by Crippen LogP contribution is -2.04. The van der Waals surface area contributed by atoms with E-state index in [0.717, 1.165) is 10.0 Å². The van der Waals surface area contributed by atoms with Gasteiger partial charge in [-0.3, -0.25) is 0 Å². The minimum Gasteiger partial charge on any atom is -0.434 e. The van der Waals surface area contributed by atoms with Gasteiger partial charge < -0.3 is 9.57 Å². The summed E-state index contributed by atoms with van der Waals surface area (Å²) >= 11 is 3.34. The smallest absolute Gasteiger partial charge is 0.387 e. The summed E-state index contributed by atoms with van der Waals surface area (Å²) in [6, 6.07) is 14.0. The molecule has 110 valence electrons. The van der Waals surface area contributed by atoms with E-state index < -0.39 is 6.61 Å². The average molecular weight is 356 g/mol. The number of rotatable bonds is 6. The van der Waals surface area contributed by atoms with Crippen LogP contribution in [0.4, 0.5) is 8.78 Å². The first-order valence-corrected chi connectivity index (χ1v) is 6.88. The van der Waals surface area contributed by atoms with Crippen LogP contribution in [0.25, 0.3) is 0 Å². The van der Waals surface area contributed by atoms with E-state index in [4.69, 9.17) is 4.84 Å².